The number of fused-ring (bicyclic) bond motifs is 5. The zero-order valence-electron chi connectivity index (χ0n) is 23.6. The molecule has 0 bridgehead atoms. The van der Waals surface area contributed by atoms with Crippen molar-refractivity contribution < 1.29 is 62.7 Å². The molecule has 13 heteroatoms. The van der Waals surface area contributed by atoms with E-state index in [9.17, 15) is 39.0 Å². The van der Waals surface area contributed by atoms with Gasteiger partial charge in [0.15, 0.2) is 29.4 Å². The molecule has 228 valence electrons. The molecular formula is C32H22O13. The maximum absolute atomic E-state index is 14.1. The molecule has 0 amide bonds. The Morgan fingerprint density at radius 3 is 2.07 bits per heavy atom. The SMILES string of the molecule is CC1OC2CC(=O)OC2C2=C1C(=O)c1cc(-c3cc(O)c4c(c3)C(=O)C35OC3(C4=O)C3OC(=O)CC3OC5C)cc(O)c1C2=O. The van der Waals surface area contributed by atoms with Crippen molar-refractivity contribution in [3.63, 3.8) is 0 Å². The van der Waals surface area contributed by atoms with Crippen LogP contribution < -0.4 is 0 Å². The number of benzene rings is 2. The van der Waals surface area contributed by atoms with Crippen LogP contribution in [0.3, 0.4) is 0 Å². The summed E-state index contributed by atoms with van der Waals surface area (Å²) in [5.41, 5.74) is -4.16. The van der Waals surface area contributed by atoms with Gasteiger partial charge < -0.3 is 33.9 Å². The van der Waals surface area contributed by atoms with Gasteiger partial charge in [0, 0.05) is 16.7 Å². The predicted molar refractivity (Wildman–Crippen MR) is 144 cm³/mol. The number of carbonyl (C=O) groups is 6. The third-order valence-corrected chi connectivity index (χ3v) is 10.1. The molecule has 8 unspecified atom stereocenters. The zero-order chi connectivity index (χ0) is 31.5. The van der Waals surface area contributed by atoms with E-state index in [1.807, 2.05) is 0 Å². The molecule has 4 fully saturated rings. The van der Waals surface area contributed by atoms with E-state index in [4.69, 9.17) is 23.7 Å². The molecule has 4 saturated heterocycles. The Labute approximate surface area is 252 Å². The van der Waals surface area contributed by atoms with Crippen molar-refractivity contribution in [2.24, 2.45) is 0 Å². The Bertz CT molecular complexity index is 1960. The van der Waals surface area contributed by atoms with E-state index < -0.39 is 94.4 Å². The van der Waals surface area contributed by atoms with Crippen LogP contribution in [0.25, 0.3) is 11.1 Å². The van der Waals surface area contributed by atoms with Crippen molar-refractivity contribution in [3.05, 3.63) is 57.7 Å². The highest BCUT2D eigenvalue weighted by Gasteiger charge is 2.90. The third-order valence-electron chi connectivity index (χ3n) is 10.1. The number of phenols is 2. The van der Waals surface area contributed by atoms with Crippen molar-refractivity contribution >= 4 is 35.1 Å². The van der Waals surface area contributed by atoms with Gasteiger partial charge in [-0.25, -0.2) is 0 Å². The summed E-state index contributed by atoms with van der Waals surface area (Å²) >= 11 is 0. The Kier molecular flexibility index (Phi) is 4.80. The fraction of sp³-hybridized carbons (Fsp3) is 0.375. The Morgan fingerprint density at radius 2 is 1.33 bits per heavy atom. The Balaban J connectivity index is 1.16. The second kappa shape index (κ2) is 8.10. The largest absolute Gasteiger partial charge is 0.507 e. The van der Waals surface area contributed by atoms with Gasteiger partial charge >= 0.3 is 11.9 Å². The molecule has 9 rings (SSSR count). The number of hydrogen-bond acceptors (Lipinski definition) is 13. The van der Waals surface area contributed by atoms with E-state index in [0.717, 1.165) is 0 Å². The fourth-order valence-corrected chi connectivity index (χ4v) is 8.24. The molecular weight excluding hydrogens is 592 g/mol. The number of epoxide rings is 1. The van der Waals surface area contributed by atoms with Crippen LogP contribution >= 0.6 is 0 Å². The number of hydrogen-bond donors (Lipinski definition) is 2. The van der Waals surface area contributed by atoms with E-state index in [1.54, 1.807) is 13.8 Å². The van der Waals surface area contributed by atoms with Crippen molar-refractivity contribution in [2.45, 2.75) is 74.5 Å². The molecule has 13 nitrogen and oxygen atoms in total. The van der Waals surface area contributed by atoms with Crippen LogP contribution in [0, 0.1) is 0 Å². The van der Waals surface area contributed by atoms with Gasteiger partial charge in [-0.2, -0.15) is 0 Å². The summed E-state index contributed by atoms with van der Waals surface area (Å²) in [4.78, 5) is 79.6. The smallest absolute Gasteiger partial charge is 0.309 e. The van der Waals surface area contributed by atoms with Gasteiger partial charge in [-0.15, -0.1) is 0 Å². The van der Waals surface area contributed by atoms with Crippen LogP contribution in [0.1, 0.15) is 68.1 Å². The quantitative estimate of drug-likeness (QED) is 0.347. The second-order valence-corrected chi connectivity index (χ2v) is 12.4. The number of Topliss-reactive ketones (excluding diaryl/α,β-unsaturated/α-hetero) is 4. The number of ether oxygens (including phenoxy) is 5. The molecule has 2 N–H and O–H groups in total. The van der Waals surface area contributed by atoms with Gasteiger partial charge in [-0.1, -0.05) is 0 Å². The van der Waals surface area contributed by atoms with E-state index >= 15 is 0 Å². The Hall–Kier alpha value is -4.72. The summed E-state index contributed by atoms with van der Waals surface area (Å²) in [5.74, 6) is -4.91. The van der Waals surface area contributed by atoms with Crippen LogP contribution in [0.5, 0.6) is 11.5 Å². The maximum Gasteiger partial charge on any atom is 0.309 e. The average molecular weight is 615 g/mol. The van der Waals surface area contributed by atoms with Gasteiger partial charge in [0.25, 0.3) is 0 Å². The van der Waals surface area contributed by atoms with Gasteiger partial charge in [0.1, 0.15) is 23.7 Å². The molecule has 5 heterocycles. The number of esters is 2. The topological polar surface area (TPSA) is 192 Å². The first-order chi connectivity index (χ1) is 21.4. The van der Waals surface area contributed by atoms with E-state index in [-0.39, 0.29) is 57.4 Å². The van der Waals surface area contributed by atoms with Crippen molar-refractivity contribution in [1.82, 2.24) is 0 Å². The van der Waals surface area contributed by atoms with Crippen molar-refractivity contribution in [2.75, 3.05) is 0 Å². The fourth-order valence-electron chi connectivity index (χ4n) is 8.24. The van der Waals surface area contributed by atoms with Crippen LogP contribution in [-0.4, -0.2) is 93.1 Å². The molecule has 2 aromatic carbocycles. The molecule has 0 aromatic heterocycles. The first-order valence-electron chi connectivity index (χ1n) is 14.5. The summed E-state index contributed by atoms with van der Waals surface area (Å²) in [6.45, 7) is 3.15. The molecule has 0 saturated carbocycles. The minimum Gasteiger partial charge on any atom is -0.507 e. The summed E-state index contributed by atoms with van der Waals surface area (Å²) < 4.78 is 28.4. The maximum atomic E-state index is 14.1. The lowest BCUT2D eigenvalue weighted by Crippen LogP contribution is -2.63. The lowest BCUT2D eigenvalue weighted by atomic mass is 9.66. The van der Waals surface area contributed by atoms with Crippen LogP contribution in [0.4, 0.5) is 0 Å². The highest BCUT2D eigenvalue weighted by molar-refractivity contribution is 6.30. The number of rotatable bonds is 1. The van der Waals surface area contributed by atoms with E-state index in [2.05, 4.69) is 0 Å². The first kappa shape index (κ1) is 26.7. The summed E-state index contributed by atoms with van der Waals surface area (Å²) in [5, 5.41) is 22.2. The zero-order valence-corrected chi connectivity index (χ0v) is 23.6. The van der Waals surface area contributed by atoms with Crippen molar-refractivity contribution in [3.8, 4) is 22.6 Å². The van der Waals surface area contributed by atoms with Gasteiger partial charge in [-0.3, -0.25) is 28.8 Å². The monoisotopic (exact) mass is 614 g/mol. The van der Waals surface area contributed by atoms with Gasteiger partial charge in [0.05, 0.1) is 41.7 Å². The molecule has 2 aliphatic carbocycles. The highest BCUT2D eigenvalue weighted by atomic mass is 16.7. The summed E-state index contributed by atoms with van der Waals surface area (Å²) in [7, 11) is 0. The number of carbonyl (C=O) groups excluding carboxylic acids is 6. The molecule has 45 heavy (non-hydrogen) atoms. The lowest BCUT2D eigenvalue weighted by molar-refractivity contribution is -0.146. The van der Waals surface area contributed by atoms with E-state index in [1.165, 1.54) is 24.3 Å². The Morgan fingerprint density at radius 1 is 0.689 bits per heavy atom. The standard InChI is InChI=1S/C32H22O13/c1-9-21-24(27-17(41-9)7-19(35)43-27)26(38)22-13(25(21)37)3-11(5-15(22)33)12-4-14-23(16(34)6-12)29(40)32-30-18(8-20(36)44-30)42-10(2)31(32,45-32)28(14)39/h3-6,9-10,17-18,27,30,33-34H,7-8H2,1-2H3. The molecule has 5 aliphatic heterocycles. The van der Waals surface area contributed by atoms with Gasteiger partial charge in [0.2, 0.25) is 17.2 Å². The molecule has 0 spiro atoms. The van der Waals surface area contributed by atoms with Gasteiger partial charge in [-0.05, 0) is 49.2 Å². The van der Waals surface area contributed by atoms with Crippen LogP contribution in [0.2, 0.25) is 0 Å². The normalized spacial score (nSPS) is 37.1. The minimum atomic E-state index is -1.82. The summed E-state index contributed by atoms with van der Waals surface area (Å²) in [6, 6.07) is 5.09. The molecule has 8 atom stereocenters. The molecule has 0 radical (unpaired) electrons. The van der Waals surface area contributed by atoms with Crippen LogP contribution in [-0.2, 0) is 33.3 Å². The summed E-state index contributed by atoms with van der Waals surface area (Å²) in [6.07, 6.45) is -5.67. The first-order valence-corrected chi connectivity index (χ1v) is 14.5. The number of phenolic OH excluding ortho intramolecular Hbond substituents is 2. The second-order valence-electron chi connectivity index (χ2n) is 12.4. The highest BCUT2D eigenvalue weighted by Crippen LogP contribution is 2.65. The van der Waals surface area contributed by atoms with Crippen LogP contribution in [0.15, 0.2) is 35.4 Å². The minimum absolute atomic E-state index is 0.0209. The predicted octanol–water partition coefficient (Wildman–Crippen LogP) is 1.53. The molecule has 7 aliphatic rings. The van der Waals surface area contributed by atoms with Crippen molar-refractivity contribution in [1.29, 1.82) is 0 Å². The molecule has 2 aromatic rings. The third kappa shape index (κ3) is 2.94. The number of ketones is 4. The average Bonchev–Trinajstić information content (AvgIpc) is 3.42. The van der Waals surface area contributed by atoms with E-state index in [0.29, 0.717) is 0 Å². The lowest BCUT2D eigenvalue weighted by Gasteiger charge is -2.38. The number of aromatic hydroxyl groups is 2.